The molecule has 0 radical (unpaired) electrons. The van der Waals surface area contributed by atoms with Gasteiger partial charge in [-0.25, -0.2) is 0 Å². The van der Waals surface area contributed by atoms with E-state index < -0.39 is 0 Å². The fourth-order valence-corrected chi connectivity index (χ4v) is 3.04. The third-order valence-corrected chi connectivity index (χ3v) is 4.33. The number of hydrogen-bond acceptors (Lipinski definition) is 2. The van der Waals surface area contributed by atoms with Crippen molar-refractivity contribution in [2.45, 2.75) is 31.9 Å². The van der Waals surface area contributed by atoms with Crippen molar-refractivity contribution >= 4 is 5.91 Å². The van der Waals surface area contributed by atoms with Gasteiger partial charge in [-0.05, 0) is 18.1 Å². The third-order valence-electron chi connectivity index (χ3n) is 4.33. The molecule has 3 nitrogen and oxygen atoms in total. The Kier molecular flexibility index (Phi) is 5.09. The van der Waals surface area contributed by atoms with Crippen molar-refractivity contribution in [3.63, 3.8) is 0 Å². The fraction of sp³-hybridized carbons (Fsp3) is 0.350. The Morgan fingerprint density at radius 1 is 1.04 bits per heavy atom. The van der Waals surface area contributed by atoms with Gasteiger partial charge in [-0.1, -0.05) is 60.7 Å². The molecule has 1 aliphatic heterocycles. The summed E-state index contributed by atoms with van der Waals surface area (Å²) in [5.74, 6) is 0.185. The van der Waals surface area contributed by atoms with Crippen LogP contribution in [0.25, 0.3) is 0 Å². The van der Waals surface area contributed by atoms with Crippen molar-refractivity contribution in [2.24, 2.45) is 0 Å². The number of carbonyl (C=O) groups is 1. The van der Waals surface area contributed by atoms with Crippen LogP contribution in [0.4, 0.5) is 0 Å². The summed E-state index contributed by atoms with van der Waals surface area (Å²) in [6.07, 6.45) is 1.39. The van der Waals surface area contributed by atoms with Gasteiger partial charge >= 0.3 is 0 Å². The molecule has 0 N–H and O–H groups in total. The predicted molar refractivity (Wildman–Crippen MR) is 91.2 cm³/mol. The Labute approximate surface area is 137 Å². The average molecular weight is 309 g/mol. The molecule has 2 aromatic rings. The lowest BCUT2D eigenvalue weighted by Gasteiger charge is -2.38. The van der Waals surface area contributed by atoms with Crippen molar-refractivity contribution in [1.82, 2.24) is 4.90 Å². The Balaban J connectivity index is 1.62. The Hall–Kier alpha value is -2.13. The normalized spacial score (nSPS) is 21.2. The minimum Gasteiger partial charge on any atom is -0.374 e. The number of carbonyl (C=O) groups excluding carboxylic acids is 1. The summed E-state index contributed by atoms with van der Waals surface area (Å²) in [5.41, 5.74) is 2.32. The maximum atomic E-state index is 12.6. The molecule has 2 unspecified atom stereocenters. The molecule has 1 heterocycles. The third kappa shape index (κ3) is 4.20. The number of ether oxygens (including phenoxy) is 1. The van der Waals surface area contributed by atoms with Crippen LogP contribution in [0.5, 0.6) is 0 Å². The Morgan fingerprint density at radius 3 is 2.30 bits per heavy atom. The highest BCUT2D eigenvalue weighted by atomic mass is 16.5. The molecule has 23 heavy (non-hydrogen) atoms. The van der Waals surface area contributed by atoms with Crippen molar-refractivity contribution in [3.8, 4) is 0 Å². The molecule has 0 aliphatic carbocycles. The predicted octanol–water partition coefficient (Wildman–Crippen LogP) is 3.09. The number of amides is 1. The number of hydrogen-bond donors (Lipinski definition) is 0. The van der Waals surface area contributed by atoms with Gasteiger partial charge in [0.2, 0.25) is 5.91 Å². The van der Waals surface area contributed by atoms with Gasteiger partial charge in [-0.15, -0.1) is 0 Å². The molecule has 0 bridgehead atoms. The maximum Gasteiger partial charge on any atom is 0.227 e. The molecule has 3 rings (SSSR count). The number of morpholine rings is 1. The lowest BCUT2D eigenvalue weighted by Crippen LogP contribution is -2.52. The summed E-state index contributed by atoms with van der Waals surface area (Å²) >= 11 is 0. The molecule has 120 valence electrons. The zero-order valence-corrected chi connectivity index (χ0v) is 13.5. The first kappa shape index (κ1) is 15.8. The summed E-state index contributed by atoms with van der Waals surface area (Å²) in [5, 5.41) is 0. The van der Waals surface area contributed by atoms with E-state index in [0.29, 0.717) is 19.6 Å². The number of nitrogens with zero attached hydrogens (tertiary/aromatic N) is 1. The molecular weight excluding hydrogens is 286 g/mol. The van der Waals surface area contributed by atoms with Crippen LogP contribution in [0.2, 0.25) is 0 Å². The minimum atomic E-state index is 0.0772. The highest BCUT2D eigenvalue weighted by molar-refractivity contribution is 5.79. The van der Waals surface area contributed by atoms with E-state index in [1.807, 2.05) is 53.4 Å². The molecule has 0 aromatic heterocycles. The van der Waals surface area contributed by atoms with E-state index in [1.54, 1.807) is 0 Å². The van der Waals surface area contributed by atoms with Gasteiger partial charge in [0, 0.05) is 13.0 Å². The topological polar surface area (TPSA) is 29.5 Å². The SMILES string of the molecule is CC1COC(Cc2ccccc2)CN1C(=O)Cc1ccccc1. The lowest BCUT2D eigenvalue weighted by molar-refractivity contribution is -0.143. The first-order chi connectivity index (χ1) is 11.2. The fourth-order valence-electron chi connectivity index (χ4n) is 3.04. The maximum absolute atomic E-state index is 12.6. The van der Waals surface area contributed by atoms with Gasteiger partial charge < -0.3 is 9.64 Å². The van der Waals surface area contributed by atoms with Crippen molar-refractivity contribution in [2.75, 3.05) is 13.2 Å². The Bertz CT molecular complexity index is 627. The monoisotopic (exact) mass is 309 g/mol. The van der Waals surface area contributed by atoms with Crippen LogP contribution in [0.1, 0.15) is 18.1 Å². The van der Waals surface area contributed by atoms with Gasteiger partial charge in [0.1, 0.15) is 0 Å². The molecule has 0 spiro atoms. The molecule has 1 amide bonds. The van der Waals surface area contributed by atoms with Gasteiger partial charge in [-0.3, -0.25) is 4.79 Å². The van der Waals surface area contributed by atoms with E-state index in [4.69, 9.17) is 4.74 Å². The highest BCUT2D eigenvalue weighted by Gasteiger charge is 2.29. The van der Waals surface area contributed by atoms with Gasteiger partial charge in [0.25, 0.3) is 0 Å². The van der Waals surface area contributed by atoms with Gasteiger partial charge in [0.05, 0.1) is 25.2 Å². The molecule has 2 atom stereocenters. The largest absolute Gasteiger partial charge is 0.374 e. The van der Waals surface area contributed by atoms with E-state index in [2.05, 4.69) is 19.1 Å². The smallest absolute Gasteiger partial charge is 0.227 e. The van der Waals surface area contributed by atoms with Crippen LogP contribution in [0, 0.1) is 0 Å². The molecule has 2 aromatic carbocycles. The van der Waals surface area contributed by atoms with Gasteiger partial charge in [0.15, 0.2) is 0 Å². The second-order valence-electron chi connectivity index (χ2n) is 6.20. The molecule has 3 heteroatoms. The Morgan fingerprint density at radius 2 is 1.65 bits per heavy atom. The van der Waals surface area contributed by atoms with Crippen LogP contribution in [-0.2, 0) is 22.4 Å². The lowest BCUT2D eigenvalue weighted by atomic mass is 10.0. The second kappa shape index (κ2) is 7.42. The van der Waals surface area contributed by atoms with E-state index >= 15 is 0 Å². The van der Waals surface area contributed by atoms with Crippen LogP contribution < -0.4 is 0 Å². The summed E-state index contributed by atoms with van der Waals surface area (Å²) in [4.78, 5) is 14.6. The van der Waals surface area contributed by atoms with Crippen molar-refractivity contribution in [3.05, 3.63) is 71.8 Å². The first-order valence-corrected chi connectivity index (χ1v) is 8.21. The average Bonchev–Trinajstić information content (AvgIpc) is 2.58. The number of rotatable bonds is 4. The van der Waals surface area contributed by atoms with E-state index in [-0.39, 0.29) is 18.1 Å². The second-order valence-corrected chi connectivity index (χ2v) is 6.20. The van der Waals surface area contributed by atoms with E-state index in [0.717, 1.165) is 12.0 Å². The number of benzene rings is 2. The molecule has 1 saturated heterocycles. The molecule has 1 aliphatic rings. The van der Waals surface area contributed by atoms with Crippen LogP contribution in [0.3, 0.4) is 0 Å². The first-order valence-electron chi connectivity index (χ1n) is 8.21. The van der Waals surface area contributed by atoms with Crippen molar-refractivity contribution in [1.29, 1.82) is 0 Å². The molecular formula is C20H23NO2. The van der Waals surface area contributed by atoms with Crippen LogP contribution in [-0.4, -0.2) is 36.1 Å². The molecule has 0 saturated carbocycles. The summed E-state index contributed by atoms with van der Waals surface area (Å²) in [7, 11) is 0. The van der Waals surface area contributed by atoms with E-state index in [1.165, 1.54) is 5.56 Å². The highest BCUT2D eigenvalue weighted by Crippen LogP contribution is 2.17. The summed E-state index contributed by atoms with van der Waals surface area (Å²) < 4.78 is 5.93. The van der Waals surface area contributed by atoms with Crippen LogP contribution >= 0.6 is 0 Å². The minimum absolute atomic E-state index is 0.0772. The summed E-state index contributed by atoms with van der Waals surface area (Å²) in [6.45, 7) is 3.33. The van der Waals surface area contributed by atoms with Crippen LogP contribution in [0.15, 0.2) is 60.7 Å². The standard InChI is InChI=1S/C20H23NO2/c1-16-15-23-19(12-17-8-4-2-5-9-17)14-21(16)20(22)13-18-10-6-3-7-11-18/h2-11,16,19H,12-15H2,1H3. The van der Waals surface area contributed by atoms with E-state index in [9.17, 15) is 4.79 Å². The zero-order chi connectivity index (χ0) is 16.1. The quantitative estimate of drug-likeness (QED) is 0.868. The summed E-state index contributed by atoms with van der Waals surface area (Å²) in [6, 6.07) is 20.4. The van der Waals surface area contributed by atoms with Crippen molar-refractivity contribution < 1.29 is 9.53 Å². The zero-order valence-electron chi connectivity index (χ0n) is 13.5. The molecule has 1 fully saturated rings. The van der Waals surface area contributed by atoms with Gasteiger partial charge in [-0.2, -0.15) is 0 Å².